The second-order valence-corrected chi connectivity index (χ2v) is 7.57. The van der Waals surface area contributed by atoms with Crippen molar-refractivity contribution in [1.29, 1.82) is 0 Å². The van der Waals surface area contributed by atoms with Gasteiger partial charge in [0.15, 0.2) is 5.96 Å². The van der Waals surface area contributed by atoms with Crippen LogP contribution in [0.4, 0.5) is 5.69 Å². The number of carbonyl (C=O) groups is 1. The molecule has 1 aliphatic heterocycles. The zero-order chi connectivity index (χ0) is 21.6. The standard InChI is InChI=1S/C24H27N5O2.HI/c1-17-9-11-19(12-10-17)23-28-20(16-31-23)14-26-24(25-2)27-15-22(30)29-13-5-7-18-6-3-4-8-21(18)29;/h3-4,6,8-12,16H,5,7,13-15H2,1-2H3,(H2,25,26,27);1H. The summed E-state index contributed by atoms with van der Waals surface area (Å²) in [6.45, 7) is 3.39. The minimum atomic E-state index is 0. The lowest BCUT2D eigenvalue weighted by Gasteiger charge is -2.29. The number of rotatable bonds is 5. The Balaban J connectivity index is 0.00000289. The first-order valence-electron chi connectivity index (χ1n) is 10.5. The summed E-state index contributed by atoms with van der Waals surface area (Å²) in [6.07, 6.45) is 3.62. The Kier molecular flexibility index (Phi) is 8.26. The van der Waals surface area contributed by atoms with E-state index in [-0.39, 0.29) is 36.4 Å². The molecule has 0 saturated carbocycles. The van der Waals surface area contributed by atoms with Crippen LogP contribution in [0.25, 0.3) is 11.5 Å². The number of hydrogen-bond acceptors (Lipinski definition) is 4. The molecule has 0 spiro atoms. The van der Waals surface area contributed by atoms with Crippen molar-refractivity contribution in [3.05, 3.63) is 71.6 Å². The highest BCUT2D eigenvalue weighted by atomic mass is 127. The van der Waals surface area contributed by atoms with Crippen molar-refractivity contribution in [3.63, 3.8) is 0 Å². The highest BCUT2D eigenvalue weighted by Gasteiger charge is 2.22. The number of nitrogens with one attached hydrogen (secondary N) is 2. The maximum atomic E-state index is 12.8. The molecule has 168 valence electrons. The van der Waals surface area contributed by atoms with Crippen LogP contribution in [0.2, 0.25) is 0 Å². The summed E-state index contributed by atoms with van der Waals surface area (Å²) in [4.78, 5) is 23.4. The molecule has 0 atom stereocenters. The minimum Gasteiger partial charge on any atom is -0.444 e. The summed E-state index contributed by atoms with van der Waals surface area (Å²) < 4.78 is 5.60. The maximum absolute atomic E-state index is 12.8. The van der Waals surface area contributed by atoms with Crippen LogP contribution in [-0.2, 0) is 17.8 Å². The van der Waals surface area contributed by atoms with Crippen molar-refractivity contribution in [2.75, 3.05) is 25.0 Å². The lowest BCUT2D eigenvalue weighted by Crippen LogP contribution is -2.45. The van der Waals surface area contributed by atoms with Gasteiger partial charge in [0, 0.05) is 24.8 Å². The molecule has 0 saturated heterocycles. The van der Waals surface area contributed by atoms with E-state index in [1.165, 1.54) is 11.1 Å². The molecule has 8 heteroatoms. The molecule has 0 unspecified atom stereocenters. The second-order valence-electron chi connectivity index (χ2n) is 7.57. The fraction of sp³-hybridized carbons (Fsp3) is 0.292. The van der Waals surface area contributed by atoms with Crippen molar-refractivity contribution < 1.29 is 9.21 Å². The Morgan fingerprint density at radius 2 is 1.94 bits per heavy atom. The van der Waals surface area contributed by atoms with Gasteiger partial charge in [-0.2, -0.15) is 0 Å². The molecule has 2 N–H and O–H groups in total. The fourth-order valence-electron chi connectivity index (χ4n) is 3.66. The van der Waals surface area contributed by atoms with E-state index in [0.29, 0.717) is 18.4 Å². The highest BCUT2D eigenvalue weighted by Crippen LogP contribution is 2.26. The summed E-state index contributed by atoms with van der Waals surface area (Å²) >= 11 is 0. The largest absolute Gasteiger partial charge is 0.444 e. The van der Waals surface area contributed by atoms with Gasteiger partial charge in [0.05, 0.1) is 18.8 Å². The number of amides is 1. The Labute approximate surface area is 205 Å². The molecular weight excluding hydrogens is 517 g/mol. The Bertz CT molecular complexity index is 1080. The number of anilines is 1. The lowest BCUT2D eigenvalue weighted by molar-refractivity contribution is -0.117. The fourth-order valence-corrected chi connectivity index (χ4v) is 3.66. The number of guanidine groups is 1. The van der Waals surface area contributed by atoms with Gasteiger partial charge in [-0.1, -0.05) is 35.9 Å². The highest BCUT2D eigenvalue weighted by molar-refractivity contribution is 14.0. The molecule has 7 nitrogen and oxygen atoms in total. The van der Waals surface area contributed by atoms with E-state index in [1.807, 2.05) is 54.3 Å². The van der Waals surface area contributed by atoms with Crippen molar-refractivity contribution in [2.45, 2.75) is 26.3 Å². The summed E-state index contributed by atoms with van der Waals surface area (Å²) in [7, 11) is 1.68. The Morgan fingerprint density at radius 3 is 2.72 bits per heavy atom. The number of nitrogens with zero attached hydrogens (tertiary/aromatic N) is 3. The van der Waals surface area contributed by atoms with Crippen LogP contribution >= 0.6 is 24.0 Å². The van der Waals surface area contributed by atoms with Crippen LogP contribution < -0.4 is 15.5 Å². The van der Waals surface area contributed by atoms with Crippen LogP contribution in [0.1, 0.15) is 23.2 Å². The molecule has 4 rings (SSSR count). The number of aromatic nitrogens is 1. The number of benzene rings is 2. The van der Waals surface area contributed by atoms with E-state index >= 15 is 0 Å². The Hall–Kier alpha value is -2.88. The normalized spacial score (nSPS) is 13.2. The zero-order valence-electron chi connectivity index (χ0n) is 18.3. The second kappa shape index (κ2) is 11.1. The number of carbonyl (C=O) groups excluding carboxylic acids is 1. The Morgan fingerprint density at radius 1 is 1.16 bits per heavy atom. The van der Waals surface area contributed by atoms with E-state index in [4.69, 9.17) is 4.42 Å². The third-order valence-corrected chi connectivity index (χ3v) is 5.33. The average molecular weight is 545 g/mol. The predicted octanol–water partition coefficient (Wildman–Crippen LogP) is 3.91. The number of aliphatic imine (C=N–C) groups is 1. The summed E-state index contributed by atoms with van der Waals surface area (Å²) in [5.41, 5.74) is 5.12. The van der Waals surface area contributed by atoms with Gasteiger partial charge in [-0.05, 0) is 43.5 Å². The smallest absolute Gasteiger partial charge is 0.246 e. The first-order valence-corrected chi connectivity index (χ1v) is 10.5. The average Bonchev–Trinajstić information content (AvgIpc) is 3.28. The topological polar surface area (TPSA) is 82.8 Å². The molecule has 1 aromatic heterocycles. The van der Waals surface area contributed by atoms with Crippen LogP contribution in [0.3, 0.4) is 0 Å². The molecular formula is C24H28IN5O2. The molecule has 0 bridgehead atoms. The SMILES string of the molecule is CN=C(NCC(=O)N1CCCc2ccccc21)NCc1coc(-c2ccc(C)cc2)n1.I. The van der Waals surface area contributed by atoms with Crippen molar-refractivity contribution >= 4 is 41.5 Å². The van der Waals surface area contributed by atoms with Gasteiger partial charge in [0.2, 0.25) is 11.8 Å². The van der Waals surface area contributed by atoms with Gasteiger partial charge in [0.1, 0.15) is 6.26 Å². The predicted molar refractivity (Wildman–Crippen MR) is 137 cm³/mol. The first kappa shape index (κ1) is 23.8. The van der Waals surface area contributed by atoms with Crippen molar-refractivity contribution in [3.8, 4) is 11.5 Å². The summed E-state index contributed by atoms with van der Waals surface area (Å²) in [6, 6.07) is 16.1. The number of para-hydroxylation sites is 1. The molecule has 1 aliphatic rings. The van der Waals surface area contributed by atoms with Gasteiger partial charge < -0.3 is 20.0 Å². The van der Waals surface area contributed by atoms with E-state index in [0.717, 1.165) is 36.3 Å². The number of fused-ring (bicyclic) bond motifs is 1. The van der Waals surface area contributed by atoms with Crippen LogP contribution in [0, 0.1) is 6.92 Å². The molecule has 0 radical (unpaired) electrons. The molecule has 32 heavy (non-hydrogen) atoms. The number of halogens is 1. The van der Waals surface area contributed by atoms with Crippen LogP contribution in [0.5, 0.6) is 0 Å². The van der Waals surface area contributed by atoms with Gasteiger partial charge in [-0.3, -0.25) is 9.79 Å². The third-order valence-electron chi connectivity index (χ3n) is 5.33. The molecule has 1 amide bonds. The summed E-state index contributed by atoms with van der Waals surface area (Å²) in [5.74, 6) is 1.15. The number of hydrogen-bond donors (Lipinski definition) is 2. The third kappa shape index (κ3) is 5.67. The molecule has 2 aromatic carbocycles. The van der Waals surface area contributed by atoms with E-state index < -0.39 is 0 Å². The minimum absolute atomic E-state index is 0. The quantitative estimate of drug-likeness (QED) is 0.289. The summed E-state index contributed by atoms with van der Waals surface area (Å²) in [5, 5.41) is 6.28. The van der Waals surface area contributed by atoms with Crippen molar-refractivity contribution in [1.82, 2.24) is 15.6 Å². The number of oxazole rings is 1. The molecule has 0 fully saturated rings. The van der Waals surface area contributed by atoms with E-state index in [9.17, 15) is 4.79 Å². The molecule has 0 aliphatic carbocycles. The van der Waals surface area contributed by atoms with Crippen LogP contribution in [-0.4, -0.2) is 37.0 Å². The van der Waals surface area contributed by atoms with Crippen molar-refractivity contribution in [2.24, 2.45) is 4.99 Å². The van der Waals surface area contributed by atoms with E-state index in [1.54, 1.807) is 13.3 Å². The van der Waals surface area contributed by atoms with Crippen LogP contribution in [0.15, 0.2) is 64.2 Å². The zero-order valence-corrected chi connectivity index (χ0v) is 20.6. The van der Waals surface area contributed by atoms with Gasteiger partial charge in [0.25, 0.3) is 0 Å². The maximum Gasteiger partial charge on any atom is 0.246 e. The monoisotopic (exact) mass is 545 g/mol. The van der Waals surface area contributed by atoms with Gasteiger partial charge in [-0.25, -0.2) is 4.98 Å². The molecule has 3 aromatic rings. The lowest BCUT2D eigenvalue weighted by atomic mass is 10.0. The first-order chi connectivity index (χ1) is 15.1. The van der Waals surface area contributed by atoms with Gasteiger partial charge in [-0.15, -0.1) is 24.0 Å². The number of aryl methyl sites for hydroxylation is 2. The molecule has 2 heterocycles. The van der Waals surface area contributed by atoms with E-state index in [2.05, 4.69) is 26.7 Å². The van der Waals surface area contributed by atoms with Gasteiger partial charge >= 0.3 is 0 Å².